The molecule has 1 saturated heterocycles. The van der Waals surface area contributed by atoms with E-state index in [1.165, 1.54) is 12.5 Å². The molecule has 2 aromatic heterocycles. The number of nitrogens with zero attached hydrogens (tertiary/aromatic N) is 3. The fourth-order valence-corrected chi connectivity index (χ4v) is 3.55. The van der Waals surface area contributed by atoms with Gasteiger partial charge in [0.25, 0.3) is 11.5 Å². The van der Waals surface area contributed by atoms with Crippen molar-refractivity contribution >= 4 is 11.8 Å². The first-order valence-corrected chi connectivity index (χ1v) is 9.58. The minimum absolute atomic E-state index is 0.0917. The van der Waals surface area contributed by atoms with Crippen molar-refractivity contribution in [3.63, 3.8) is 0 Å². The van der Waals surface area contributed by atoms with Crippen molar-refractivity contribution in [2.75, 3.05) is 19.6 Å². The van der Waals surface area contributed by atoms with Gasteiger partial charge in [-0.05, 0) is 38.7 Å². The molecule has 1 N–H and O–H groups in total. The Morgan fingerprint density at radius 1 is 1.32 bits per heavy atom. The number of oxazole rings is 1. The van der Waals surface area contributed by atoms with E-state index in [-0.39, 0.29) is 29.7 Å². The fourth-order valence-electron chi connectivity index (χ4n) is 3.55. The van der Waals surface area contributed by atoms with Crippen LogP contribution < -0.4 is 10.9 Å². The number of hydrogen-bond donors (Lipinski definition) is 1. The standard InChI is InChI=1S/C20H26N4O4/c1-14-5-3-7-18(26)24(14)10-8-17(25)21-11-16-6-4-9-23(12-16)20(27)19-15(2)28-13-22-19/h3,5,7,13,16H,4,6,8-12H2,1-2H3,(H,21,25). The van der Waals surface area contributed by atoms with Gasteiger partial charge in [-0.15, -0.1) is 0 Å². The summed E-state index contributed by atoms with van der Waals surface area (Å²) in [5.74, 6) is 0.508. The number of rotatable bonds is 6. The van der Waals surface area contributed by atoms with E-state index in [0.29, 0.717) is 37.6 Å². The van der Waals surface area contributed by atoms with Crippen LogP contribution in [0.15, 0.2) is 33.8 Å². The minimum Gasteiger partial charge on any atom is -0.448 e. The fraction of sp³-hybridized carbons (Fsp3) is 0.500. The summed E-state index contributed by atoms with van der Waals surface area (Å²) in [4.78, 5) is 42.4. The number of likely N-dealkylation sites (tertiary alicyclic amines) is 1. The van der Waals surface area contributed by atoms with E-state index in [1.54, 1.807) is 22.5 Å². The molecule has 1 aliphatic heterocycles. The molecule has 2 aromatic rings. The number of aromatic nitrogens is 2. The normalized spacial score (nSPS) is 16.8. The topological polar surface area (TPSA) is 97.4 Å². The Kier molecular flexibility index (Phi) is 6.28. The lowest BCUT2D eigenvalue weighted by Gasteiger charge is -2.32. The van der Waals surface area contributed by atoms with E-state index in [1.807, 2.05) is 13.0 Å². The zero-order valence-electron chi connectivity index (χ0n) is 16.3. The quantitative estimate of drug-likeness (QED) is 0.812. The Bertz CT molecular complexity index is 902. The van der Waals surface area contributed by atoms with Crippen molar-refractivity contribution in [3.8, 4) is 0 Å². The lowest BCUT2D eigenvalue weighted by molar-refractivity contribution is -0.121. The summed E-state index contributed by atoms with van der Waals surface area (Å²) in [5, 5.41) is 2.94. The molecule has 8 nitrogen and oxygen atoms in total. The number of carbonyl (C=O) groups is 2. The molecule has 8 heteroatoms. The van der Waals surface area contributed by atoms with Gasteiger partial charge in [0.05, 0.1) is 0 Å². The Hall–Kier alpha value is -2.90. The average molecular weight is 386 g/mol. The van der Waals surface area contributed by atoms with Crippen LogP contribution in [-0.2, 0) is 11.3 Å². The first kappa shape index (κ1) is 19.9. The third-order valence-corrected chi connectivity index (χ3v) is 5.17. The van der Waals surface area contributed by atoms with Gasteiger partial charge in [-0.25, -0.2) is 4.98 Å². The summed E-state index contributed by atoms with van der Waals surface area (Å²) in [6.07, 6.45) is 3.38. The predicted molar refractivity (Wildman–Crippen MR) is 103 cm³/mol. The molecule has 3 heterocycles. The Balaban J connectivity index is 1.47. The van der Waals surface area contributed by atoms with E-state index in [9.17, 15) is 14.4 Å². The van der Waals surface area contributed by atoms with Gasteiger partial charge in [0.15, 0.2) is 12.1 Å². The largest absolute Gasteiger partial charge is 0.448 e. The summed E-state index contributed by atoms with van der Waals surface area (Å²) < 4.78 is 6.72. The van der Waals surface area contributed by atoms with E-state index in [2.05, 4.69) is 10.3 Å². The maximum Gasteiger partial charge on any atom is 0.276 e. The highest BCUT2D eigenvalue weighted by atomic mass is 16.3. The Labute approximate surface area is 163 Å². The van der Waals surface area contributed by atoms with Gasteiger partial charge in [0, 0.05) is 44.4 Å². The first-order valence-electron chi connectivity index (χ1n) is 9.58. The molecule has 2 amide bonds. The predicted octanol–water partition coefficient (Wildman–Crippen LogP) is 1.51. The second kappa shape index (κ2) is 8.86. The smallest absolute Gasteiger partial charge is 0.276 e. The third-order valence-electron chi connectivity index (χ3n) is 5.17. The monoisotopic (exact) mass is 386 g/mol. The van der Waals surface area contributed by atoms with Crippen LogP contribution in [0.2, 0.25) is 0 Å². The van der Waals surface area contributed by atoms with Gasteiger partial charge in [0.2, 0.25) is 5.91 Å². The van der Waals surface area contributed by atoms with Crippen molar-refractivity contribution in [2.45, 2.75) is 39.7 Å². The van der Waals surface area contributed by atoms with Crippen molar-refractivity contribution in [1.29, 1.82) is 0 Å². The summed E-state index contributed by atoms with van der Waals surface area (Å²) >= 11 is 0. The first-order chi connectivity index (χ1) is 13.5. The molecule has 3 rings (SSSR count). The molecule has 150 valence electrons. The van der Waals surface area contributed by atoms with Gasteiger partial charge in [-0.3, -0.25) is 14.4 Å². The molecule has 0 radical (unpaired) electrons. The van der Waals surface area contributed by atoms with E-state index >= 15 is 0 Å². The summed E-state index contributed by atoms with van der Waals surface area (Å²) in [6, 6.07) is 5.06. The maximum absolute atomic E-state index is 12.6. The van der Waals surface area contributed by atoms with E-state index in [4.69, 9.17) is 4.42 Å². The molecule has 0 aromatic carbocycles. The molecule has 1 fully saturated rings. The highest BCUT2D eigenvalue weighted by Gasteiger charge is 2.27. The maximum atomic E-state index is 12.6. The van der Waals surface area contributed by atoms with Gasteiger partial charge in [-0.1, -0.05) is 6.07 Å². The molecule has 0 aliphatic carbocycles. The molecule has 0 spiro atoms. The highest BCUT2D eigenvalue weighted by molar-refractivity contribution is 5.93. The number of nitrogens with one attached hydrogen (secondary N) is 1. The van der Waals surface area contributed by atoms with Gasteiger partial charge >= 0.3 is 0 Å². The lowest BCUT2D eigenvalue weighted by Crippen LogP contribution is -2.44. The highest BCUT2D eigenvalue weighted by Crippen LogP contribution is 2.19. The molecule has 0 saturated carbocycles. The van der Waals surface area contributed by atoms with Gasteiger partial charge < -0.3 is 19.2 Å². The van der Waals surface area contributed by atoms with Crippen LogP contribution in [0.4, 0.5) is 0 Å². The summed E-state index contributed by atoms with van der Waals surface area (Å²) in [6.45, 7) is 5.72. The average Bonchev–Trinajstić information content (AvgIpc) is 3.11. The molecule has 1 aliphatic rings. The van der Waals surface area contributed by atoms with Crippen molar-refractivity contribution in [3.05, 3.63) is 52.1 Å². The number of pyridine rings is 1. The van der Waals surface area contributed by atoms with Crippen LogP contribution in [0.25, 0.3) is 0 Å². The van der Waals surface area contributed by atoms with Crippen molar-refractivity contribution in [2.24, 2.45) is 5.92 Å². The number of piperidine rings is 1. The van der Waals surface area contributed by atoms with Crippen LogP contribution in [-0.4, -0.2) is 45.9 Å². The summed E-state index contributed by atoms with van der Waals surface area (Å²) in [7, 11) is 0. The SMILES string of the molecule is Cc1ocnc1C(=O)N1CCCC(CNC(=O)CCn2c(C)cccc2=O)C1. The molecule has 1 atom stereocenters. The lowest BCUT2D eigenvalue weighted by atomic mass is 9.97. The molecular formula is C20H26N4O4. The molecule has 0 bridgehead atoms. The van der Waals surface area contributed by atoms with Crippen LogP contribution in [0.1, 0.15) is 41.2 Å². The number of hydrogen-bond acceptors (Lipinski definition) is 5. The Morgan fingerprint density at radius 3 is 2.86 bits per heavy atom. The van der Waals surface area contributed by atoms with Crippen LogP contribution >= 0.6 is 0 Å². The van der Waals surface area contributed by atoms with Gasteiger partial charge in [-0.2, -0.15) is 0 Å². The Morgan fingerprint density at radius 2 is 2.14 bits per heavy atom. The number of carbonyl (C=O) groups excluding carboxylic acids is 2. The zero-order chi connectivity index (χ0) is 20.1. The van der Waals surface area contributed by atoms with Crippen LogP contribution in [0.3, 0.4) is 0 Å². The second-order valence-electron chi connectivity index (χ2n) is 7.23. The number of aryl methyl sites for hydroxylation is 2. The molecule has 1 unspecified atom stereocenters. The minimum atomic E-state index is -0.124. The summed E-state index contributed by atoms with van der Waals surface area (Å²) in [5.41, 5.74) is 1.09. The molecular weight excluding hydrogens is 360 g/mol. The van der Waals surface area contributed by atoms with Gasteiger partial charge in [0.1, 0.15) is 5.76 Å². The second-order valence-corrected chi connectivity index (χ2v) is 7.23. The van der Waals surface area contributed by atoms with E-state index in [0.717, 1.165) is 18.5 Å². The number of amides is 2. The third kappa shape index (κ3) is 4.68. The van der Waals surface area contributed by atoms with Crippen molar-refractivity contribution in [1.82, 2.24) is 19.8 Å². The van der Waals surface area contributed by atoms with E-state index < -0.39 is 0 Å². The molecule has 28 heavy (non-hydrogen) atoms. The van der Waals surface area contributed by atoms with Crippen LogP contribution in [0, 0.1) is 19.8 Å². The zero-order valence-corrected chi connectivity index (χ0v) is 16.3. The van der Waals surface area contributed by atoms with Crippen LogP contribution in [0.5, 0.6) is 0 Å². The van der Waals surface area contributed by atoms with Crippen molar-refractivity contribution < 1.29 is 14.0 Å².